The first kappa shape index (κ1) is 78.5. The third kappa shape index (κ3) is 19.8. The molecule has 0 spiro atoms. The molecule has 1 aliphatic heterocycles. The summed E-state index contributed by atoms with van der Waals surface area (Å²) in [6, 6.07) is 74.8. The van der Waals surface area contributed by atoms with E-state index in [0.717, 1.165) is 106 Å². The normalized spacial score (nSPS) is 12.8. The molecule has 1 aliphatic rings. The molecule has 20 heteroatoms. The number of aromatic nitrogens is 7. The lowest BCUT2D eigenvalue weighted by atomic mass is 9.98. The van der Waals surface area contributed by atoms with E-state index in [4.69, 9.17) is 33.2 Å². The van der Waals surface area contributed by atoms with Crippen molar-refractivity contribution in [1.29, 1.82) is 0 Å². The van der Waals surface area contributed by atoms with Crippen LogP contribution in [0.3, 0.4) is 0 Å². The number of carbonyl (C=O) groups excluding carboxylic acids is 5. The zero-order valence-electron chi connectivity index (χ0n) is 64.3. The fraction of sp³-hybridized carbons (Fsp3) is 0.239. The number of benzene rings is 10. The van der Waals surface area contributed by atoms with Crippen LogP contribution in [0.25, 0.3) is 54.7 Å². The number of hydrogen-bond acceptors (Lipinski definition) is 16. The Morgan fingerprint density at radius 3 is 1.50 bits per heavy atom. The molecule has 0 saturated heterocycles. The second-order valence-electron chi connectivity index (χ2n) is 27.4. The molecule has 14 aromatic rings. The van der Waals surface area contributed by atoms with Gasteiger partial charge in [-0.25, -0.2) is 15.0 Å². The van der Waals surface area contributed by atoms with Crippen molar-refractivity contribution in [3.8, 4) is 28.6 Å². The number of ether oxygens (including phenoxy) is 7. The lowest BCUT2D eigenvalue weighted by Crippen LogP contribution is -2.16. The molecule has 15 rings (SSSR count). The number of methoxy groups -OCH3 is 3. The maximum absolute atomic E-state index is 12.8. The molecule has 4 aromatic heterocycles. The molecule has 0 saturated carbocycles. The summed E-state index contributed by atoms with van der Waals surface area (Å²) in [5, 5.41) is 6.45. The molecule has 0 N–H and O–H groups in total. The lowest BCUT2D eigenvalue weighted by molar-refractivity contribution is -0.146. The van der Waals surface area contributed by atoms with E-state index in [1.165, 1.54) is 0 Å². The number of imidazole rings is 3. The van der Waals surface area contributed by atoms with E-state index in [1.807, 2.05) is 272 Å². The predicted molar refractivity (Wildman–Crippen MR) is 436 cm³/mol. The molecule has 10 aromatic carbocycles. The molecule has 0 fully saturated rings. The van der Waals surface area contributed by atoms with E-state index < -0.39 is 0 Å². The summed E-state index contributed by atoms with van der Waals surface area (Å²) in [7, 11) is 8.97. The van der Waals surface area contributed by atoms with Gasteiger partial charge in [0.2, 0.25) is 5.78 Å². The summed E-state index contributed by atoms with van der Waals surface area (Å²) in [6.07, 6.45) is 12.0. The van der Waals surface area contributed by atoms with Gasteiger partial charge >= 0.3 is 23.9 Å². The highest BCUT2D eigenvalue weighted by molar-refractivity contribution is 6.08. The van der Waals surface area contributed by atoms with Gasteiger partial charge in [0.1, 0.15) is 42.9 Å². The molecule has 112 heavy (non-hydrogen) atoms. The summed E-state index contributed by atoms with van der Waals surface area (Å²) >= 11 is 0. The summed E-state index contributed by atoms with van der Waals surface area (Å²) in [6.45, 7) is 9.31. The Kier molecular flexibility index (Phi) is 26.5. The second kappa shape index (κ2) is 37.8. The molecule has 0 amide bonds. The molecule has 20 nitrogen and oxygen atoms in total. The number of para-hydroxylation sites is 2. The summed E-state index contributed by atoms with van der Waals surface area (Å²) in [5.41, 5.74) is 10.3. The first-order valence-electron chi connectivity index (χ1n) is 37.4. The highest BCUT2D eigenvalue weighted by Gasteiger charge is 2.33. The second-order valence-corrected chi connectivity index (χ2v) is 27.4. The maximum Gasteiger partial charge on any atom is 0.315 e. The average molecular weight is 1500 g/mol. The molecule has 0 radical (unpaired) electrons. The number of carbonyl (C=O) groups is 5. The number of rotatable bonds is 26. The van der Waals surface area contributed by atoms with Crippen molar-refractivity contribution in [3.05, 3.63) is 307 Å². The summed E-state index contributed by atoms with van der Waals surface area (Å²) < 4.78 is 45.6. The van der Waals surface area contributed by atoms with E-state index in [0.29, 0.717) is 76.7 Å². The minimum Gasteiger partial charge on any atom is -0.497 e. The highest BCUT2D eigenvalue weighted by Crippen LogP contribution is 2.34. The zero-order valence-corrected chi connectivity index (χ0v) is 64.3. The van der Waals surface area contributed by atoms with E-state index in [9.17, 15) is 24.0 Å². The number of anilines is 1. The van der Waals surface area contributed by atoms with Crippen LogP contribution in [0.4, 0.5) is 5.69 Å². The van der Waals surface area contributed by atoms with Gasteiger partial charge < -0.3 is 56.3 Å². The SMILES string of the molecule is CN(C)c1ccc(CCOC(=O)C2CCn3c(C(=O)c4ccccc4)ccc32)cc1.COc1ccc2cc(C(C)C(=O)OCCn3ccnc3)ccc2c1.COc1ccc2cc(C(C)C(=O)OCCn3ccnc3-c3ccccc3)ccc2c1.COc1ccc2cc(C(C)C(=O)OCCn3cnc4ccccc43)ccc2c1. The predicted octanol–water partition coefficient (Wildman–Crippen LogP) is 17.1. The topological polar surface area (TPSA) is 212 Å². The van der Waals surface area contributed by atoms with Crippen molar-refractivity contribution in [1.82, 2.24) is 33.2 Å². The molecule has 5 heterocycles. The Morgan fingerprint density at radius 1 is 0.473 bits per heavy atom. The van der Waals surface area contributed by atoms with Gasteiger partial charge in [-0.2, -0.15) is 0 Å². The van der Waals surface area contributed by atoms with E-state index in [1.54, 1.807) is 46.4 Å². The standard InChI is InChI=1S/C25H26N2O3.C25H24N2O3.C23H22N2O3.C19H20N2O3/c1-26(2)20-10-8-18(9-11-20)15-17-30-25(29)21-14-16-27-22(21)12-13-23(27)24(28)19-6-4-3-5-7-19;1-18(20-8-9-22-17-23(29-2)11-10-21(22)16-20)25(28)30-15-14-27-13-12-26-24(27)19-6-4-3-5-7-19;1-16(17-7-8-19-14-20(27-2)10-9-18(19)13-17)23(26)28-12-11-25-15-24-21-5-3-4-6-22(21)25;1-14(19(22)24-10-9-21-8-7-20-13-21)15-3-4-17-12-18(23-2)6-5-16(17)11-15/h3-13,21H,14-17H2,1-2H3;3-13,16-18H,14-15H2,1-2H3;3-10,13-16H,11-12H2,1-2H3;3-8,11-14H,9-10H2,1-2H3. The van der Waals surface area contributed by atoms with Gasteiger partial charge in [0, 0.05) is 74.4 Å². The van der Waals surface area contributed by atoms with Gasteiger partial charge in [-0.05, 0) is 155 Å². The zero-order chi connectivity index (χ0) is 78.5. The minimum absolute atomic E-state index is 0.0166. The molecule has 0 bridgehead atoms. The number of esters is 4. The van der Waals surface area contributed by atoms with E-state index >= 15 is 0 Å². The fourth-order valence-electron chi connectivity index (χ4n) is 13.3. The van der Waals surface area contributed by atoms with Crippen LogP contribution in [0.15, 0.2) is 268 Å². The number of nitrogens with zero attached hydrogens (tertiary/aromatic N) is 8. The van der Waals surface area contributed by atoms with Crippen LogP contribution in [0.1, 0.15) is 94.9 Å². The first-order valence-corrected chi connectivity index (χ1v) is 37.4. The van der Waals surface area contributed by atoms with Crippen LogP contribution in [0, 0.1) is 0 Å². The Morgan fingerprint density at radius 2 is 0.973 bits per heavy atom. The highest BCUT2D eigenvalue weighted by atomic mass is 16.5. The van der Waals surface area contributed by atoms with Crippen molar-refractivity contribution in [2.75, 3.05) is 66.8 Å². The summed E-state index contributed by atoms with van der Waals surface area (Å²) in [4.78, 5) is 77.6. The van der Waals surface area contributed by atoms with Crippen LogP contribution in [0.2, 0.25) is 0 Å². The quantitative estimate of drug-likeness (QED) is 0.0280. The van der Waals surface area contributed by atoms with Gasteiger partial charge in [0.25, 0.3) is 0 Å². The van der Waals surface area contributed by atoms with Crippen LogP contribution in [0.5, 0.6) is 17.2 Å². The van der Waals surface area contributed by atoms with E-state index in [-0.39, 0.29) is 53.3 Å². The average Bonchev–Trinajstić information content (AvgIpc) is 1.65. The van der Waals surface area contributed by atoms with E-state index in [2.05, 4.69) is 44.1 Å². The van der Waals surface area contributed by atoms with Crippen LogP contribution in [-0.4, -0.2) is 125 Å². The van der Waals surface area contributed by atoms with Gasteiger partial charge in [-0.3, -0.25) is 24.0 Å². The first-order chi connectivity index (χ1) is 54.5. The van der Waals surface area contributed by atoms with Gasteiger partial charge in [0.15, 0.2) is 0 Å². The monoisotopic (exact) mass is 1500 g/mol. The lowest BCUT2D eigenvalue weighted by Gasteiger charge is -2.14. The third-order valence-electron chi connectivity index (χ3n) is 20.0. The van der Waals surface area contributed by atoms with Crippen molar-refractivity contribution in [2.24, 2.45) is 0 Å². The largest absolute Gasteiger partial charge is 0.497 e. The maximum atomic E-state index is 12.8. The van der Waals surface area contributed by atoms with Gasteiger partial charge in [-0.1, -0.05) is 158 Å². The molecule has 0 aliphatic carbocycles. The Bertz CT molecular complexity index is 5500. The Hall–Kier alpha value is -13.1. The molecule has 4 unspecified atom stereocenters. The van der Waals surface area contributed by atoms with Crippen molar-refractivity contribution >= 4 is 78.7 Å². The Labute approximate surface area is 651 Å². The molecular formula is C92H92N8O12. The third-order valence-corrected chi connectivity index (χ3v) is 20.0. The van der Waals surface area contributed by atoms with Crippen molar-refractivity contribution in [2.45, 2.75) is 83.5 Å². The van der Waals surface area contributed by atoms with Crippen LogP contribution >= 0.6 is 0 Å². The Balaban J connectivity index is 0.000000139. The fourth-order valence-corrected chi connectivity index (χ4v) is 13.3. The van der Waals surface area contributed by atoms with Gasteiger partial charge in [0.05, 0.1) is 101 Å². The van der Waals surface area contributed by atoms with Crippen molar-refractivity contribution in [3.63, 3.8) is 0 Å². The molecule has 4 atom stereocenters. The number of hydrogen-bond donors (Lipinski definition) is 0. The smallest absolute Gasteiger partial charge is 0.315 e. The molecular weight excluding hydrogens is 1410 g/mol. The van der Waals surface area contributed by atoms with Crippen LogP contribution < -0.4 is 19.1 Å². The number of fused-ring (bicyclic) bond motifs is 5. The number of ketones is 1. The summed E-state index contributed by atoms with van der Waals surface area (Å²) in [5.74, 6) is 1.14. The van der Waals surface area contributed by atoms with Crippen molar-refractivity contribution < 1.29 is 57.1 Å². The molecule has 572 valence electrons. The van der Waals surface area contributed by atoms with Gasteiger partial charge in [-0.15, -0.1) is 0 Å². The minimum atomic E-state index is -0.340. The van der Waals surface area contributed by atoms with Crippen LogP contribution in [-0.2, 0) is 70.7 Å².